The molecule has 0 saturated carbocycles. The number of ketones is 1. The third-order valence-corrected chi connectivity index (χ3v) is 3.09. The van der Waals surface area contributed by atoms with E-state index in [1.54, 1.807) is 24.3 Å². The van der Waals surface area contributed by atoms with Crippen LogP contribution in [0.4, 0.5) is 0 Å². The number of rotatable bonds is 3. The van der Waals surface area contributed by atoms with Gasteiger partial charge in [-0.25, -0.2) is 0 Å². The second-order valence-electron chi connectivity index (χ2n) is 2.75. The number of halogens is 2. The summed E-state index contributed by atoms with van der Waals surface area (Å²) in [6.07, 6.45) is 0.793. The third kappa shape index (κ3) is 2.82. The average Bonchev–Trinajstić information content (AvgIpc) is 2.17. The van der Waals surface area contributed by atoms with Crippen LogP contribution < -0.4 is 0 Å². The first-order valence-corrected chi connectivity index (χ1v) is 5.38. The lowest BCUT2D eigenvalue weighted by Crippen LogP contribution is -2.12. The molecule has 0 aliphatic carbocycles. The van der Waals surface area contributed by atoms with Crippen LogP contribution in [0, 0.1) is 0 Å². The second-order valence-corrected chi connectivity index (χ2v) is 4.29. The van der Waals surface area contributed by atoms with Crippen LogP contribution in [-0.2, 0) is 0 Å². The van der Waals surface area contributed by atoms with E-state index in [-0.39, 0.29) is 10.6 Å². The van der Waals surface area contributed by atoms with Crippen LogP contribution in [0.5, 0.6) is 0 Å². The number of carbonyl (C=O) groups excluding carboxylic acids is 1. The van der Waals surface area contributed by atoms with E-state index in [1.165, 1.54) is 0 Å². The fraction of sp³-hybridized carbons (Fsp3) is 0.300. The van der Waals surface area contributed by atoms with Gasteiger partial charge in [-0.1, -0.05) is 34.5 Å². The molecule has 0 radical (unpaired) electrons. The van der Waals surface area contributed by atoms with Crippen molar-refractivity contribution in [3.8, 4) is 0 Å². The highest BCUT2D eigenvalue weighted by Gasteiger charge is 2.13. The Kier molecular flexibility index (Phi) is 3.94. The van der Waals surface area contributed by atoms with Crippen molar-refractivity contribution in [2.75, 3.05) is 0 Å². The predicted molar refractivity (Wildman–Crippen MR) is 58.8 cm³/mol. The van der Waals surface area contributed by atoms with Crippen LogP contribution in [0.1, 0.15) is 23.7 Å². The van der Waals surface area contributed by atoms with Gasteiger partial charge in [-0.15, -0.1) is 0 Å². The highest BCUT2D eigenvalue weighted by Crippen LogP contribution is 2.15. The summed E-state index contributed by atoms with van der Waals surface area (Å²) >= 11 is 9.02. The lowest BCUT2D eigenvalue weighted by molar-refractivity contribution is 0.0990. The minimum atomic E-state index is -0.0892. The molecule has 3 heteroatoms. The van der Waals surface area contributed by atoms with Gasteiger partial charge in [0.25, 0.3) is 0 Å². The number of alkyl halides is 1. The number of benzene rings is 1. The Morgan fingerprint density at radius 3 is 2.46 bits per heavy atom. The molecule has 1 nitrogen and oxygen atoms in total. The van der Waals surface area contributed by atoms with Crippen molar-refractivity contribution in [2.24, 2.45) is 0 Å². The quantitative estimate of drug-likeness (QED) is 0.599. The molecule has 1 aromatic carbocycles. The van der Waals surface area contributed by atoms with Crippen LogP contribution >= 0.6 is 27.5 Å². The minimum absolute atomic E-state index is 0.0892. The molecule has 0 saturated heterocycles. The van der Waals surface area contributed by atoms with Crippen molar-refractivity contribution in [3.05, 3.63) is 34.9 Å². The first-order valence-electron chi connectivity index (χ1n) is 4.09. The number of carbonyl (C=O) groups is 1. The zero-order valence-electron chi connectivity index (χ0n) is 7.26. The number of hydrogen-bond donors (Lipinski definition) is 0. The van der Waals surface area contributed by atoms with Crippen molar-refractivity contribution in [3.63, 3.8) is 0 Å². The molecule has 0 N–H and O–H groups in total. The van der Waals surface area contributed by atoms with Crippen molar-refractivity contribution in [2.45, 2.75) is 18.2 Å². The lowest BCUT2D eigenvalue weighted by Gasteiger charge is -2.05. The summed E-state index contributed by atoms with van der Waals surface area (Å²) in [4.78, 5) is 11.5. The van der Waals surface area contributed by atoms with Crippen LogP contribution in [0.25, 0.3) is 0 Å². The van der Waals surface area contributed by atoms with Gasteiger partial charge < -0.3 is 0 Å². The Bertz CT molecular complexity index is 294. The van der Waals surface area contributed by atoms with Gasteiger partial charge in [0.05, 0.1) is 4.83 Å². The summed E-state index contributed by atoms with van der Waals surface area (Å²) in [6, 6.07) is 6.94. The maximum Gasteiger partial charge on any atom is 0.176 e. The summed E-state index contributed by atoms with van der Waals surface area (Å²) in [5.74, 6) is 0.110. The third-order valence-electron chi connectivity index (χ3n) is 1.77. The smallest absolute Gasteiger partial charge is 0.176 e. The van der Waals surface area contributed by atoms with Crippen molar-refractivity contribution in [1.82, 2.24) is 0 Å². The first kappa shape index (κ1) is 10.7. The fourth-order valence-electron chi connectivity index (χ4n) is 0.980. The maximum atomic E-state index is 11.6. The molecule has 0 bridgehead atoms. The van der Waals surface area contributed by atoms with Gasteiger partial charge in [0.1, 0.15) is 0 Å². The predicted octanol–water partition coefficient (Wildman–Crippen LogP) is 3.70. The molecule has 0 aromatic heterocycles. The summed E-state index contributed by atoms with van der Waals surface area (Å²) in [5.41, 5.74) is 0.702. The van der Waals surface area contributed by atoms with Crippen molar-refractivity contribution in [1.29, 1.82) is 0 Å². The summed E-state index contributed by atoms with van der Waals surface area (Å²) in [7, 11) is 0. The van der Waals surface area contributed by atoms with E-state index < -0.39 is 0 Å². The molecule has 1 aromatic rings. The largest absolute Gasteiger partial charge is 0.293 e. The lowest BCUT2D eigenvalue weighted by atomic mass is 10.1. The van der Waals surface area contributed by atoms with Gasteiger partial charge in [0.15, 0.2) is 5.78 Å². The first-order chi connectivity index (χ1) is 6.15. The molecular weight excluding hydrogens is 251 g/mol. The molecule has 13 heavy (non-hydrogen) atoms. The Balaban J connectivity index is 2.83. The minimum Gasteiger partial charge on any atom is -0.293 e. The molecule has 0 aliphatic heterocycles. The molecular formula is C10H10BrClO. The molecule has 0 aliphatic rings. The molecule has 0 heterocycles. The molecule has 70 valence electrons. The van der Waals surface area contributed by atoms with E-state index in [0.29, 0.717) is 10.6 Å². The number of hydrogen-bond acceptors (Lipinski definition) is 1. The maximum absolute atomic E-state index is 11.6. The van der Waals surface area contributed by atoms with E-state index in [4.69, 9.17) is 11.6 Å². The number of Topliss-reactive ketones (excluding diaryl/α,β-unsaturated/α-hetero) is 1. The molecule has 0 spiro atoms. The Hall–Kier alpha value is -0.340. The van der Waals surface area contributed by atoms with E-state index >= 15 is 0 Å². The van der Waals surface area contributed by atoms with Gasteiger partial charge in [0, 0.05) is 10.6 Å². The normalized spacial score (nSPS) is 12.5. The molecule has 0 amide bonds. The van der Waals surface area contributed by atoms with E-state index in [2.05, 4.69) is 15.9 Å². The molecule has 1 unspecified atom stereocenters. The Morgan fingerprint density at radius 1 is 1.46 bits per heavy atom. The van der Waals surface area contributed by atoms with Crippen LogP contribution in [0.15, 0.2) is 24.3 Å². The monoisotopic (exact) mass is 260 g/mol. The molecule has 0 fully saturated rings. The summed E-state index contributed by atoms with van der Waals surface area (Å²) in [6.45, 7) is 1.97. The summed E-state index contributed by atoms with van der Waals surface area (Å²) in [5, 5.41) is 0.652. The van der Waals surface area contributed by atoms with Gasteiger partial charge in [-0.05, 0) is 30.7 Å². The van der Waals surface area contributed by atoms with E-state index in [0.717, 1.165) is 6.42 Å². The van der Waals surface area contributed by atoms with Crippen molar-refractivity contribution >= 4 is 33.3 Å². The standard InChI is InChI=1S/C10H10BrClO/c1-2-9(11)10(13)7-3-5-8(12)6-4-7/h3-6,9H,2H2,1H3. The van der Waals surface area contributed by atoms with E-state index in [1.807, 2.05) is 6.92 Å². The van der Waals surface area contributed by atoms with Gasteiger partial charge in [-0.2, -0.15) is 0 Å². The highest BCUT2D eigenvalue weighted by molar-refractivity contribution is 9.10. The zero-order chi connectivity index (χ0) is 9.84. The Labute approximate surface area is 91.2 Å². The average molecular weight is 262 g/mol. The molecule has 1 atom stereocenters. The molecule has 1 rings (SSSR count). The topological polar surface area (TPSA) is 17.1 Å². The van der Waals surface area contributed by atoms with Gasteiger partial charge in [0.2, 0.25) is 0 Å². The van der Waals surface area contributed by atoms with Gasteiger partial charge >= 0.3 is 0 Å². The Morgan fingerprint density at radius 2 is 2.00 bits per heavy atom. The zero-order valence-corrected chi connectivity index (χ0v) is 9.60. The van der Waals surface area contributed by atoms with E-state index in [9.17, 15) is 4.79 Å². The fourth-order valence-corrected chi connectivity index (χ4v) is 1.37. The highest BCUT2D eigenvalue weighted by atomic mass is 79.9. The summed E-state index contributed by atoms with van der Waals surface area (Å²) < 4.78 is 0. The second kappa shape index (κ2) is 4.77. The van der Waals surface area contributed by atoms with Crippen LogP contribution in [-0.4, -0.2) is 10.6 Å². The van der Waals surface area contributed by atoms with Gasteiger partial charge in [-0.3, -0.25) is 4.79 Å². The van der Waals surface area contributed by atoms with Crippen LogP contribution in [0.2, 0.25) is 5.02 Å². The van der Waals surface area contributed by atoms with Crippen LogP contribution in [0.3, 0.4) is 0 Å². The van der Waals surface area contributed by atoms with Crippen molar-refractivity contribution < 1.29 is 4.79 Å². The SMILES string of the molecule is CCC(Br)C(=O)c1ccc(Cl)cc1.